The molecule has 0 bridgehead atoms. The van der Waals surface area contributed by atoms with Crippen LogP contribution in [0, 0.1) is 5.41 Å². The molecule has 3 rings (SSSR count). The first-order valence-electron chi connectivity index (χ1n) is 10.6. The third-order valence-electron chi connectivity index (χ3n) is 5.36. The lowest BCUT2D eigenvalue weighted by Gasteiger charge is -2.33. The smallest absolute Gasteiger partial charge is 0.410 e. The van der Waals surface area contributed by atoms with E-state index in [9.17, 15) is 18.0 Å². The SMILES string of the molecule is COc1ccc([C@@H]2C[C@H](C(F)(F)F)n3nc(C(=O)NC(C)(C)CC(C)(C)C)cc3N2)cc1. The van der Waals surface area contributed by atoms with Crippen molar-refractivity contribution in [3.05, 3.63) is 41.6 Å². The van der Waals surface area contributed by atoms with Crippen LogP contribution in [-0.4, -0.2) is 34.5 Å². The maximum absolute atomic E-state index is 13.9. The van der Waals surface area contributed by atoms with Gasteiger partial charge in [-0.2, -0.15) is 18.3 Å². The molecule has 9 heteroatoms. The Bertz CT molecular complexity index is 959. The van der Waals surface area contributed by atoms with Crippen molar-refractivity contribution < 1.29 is 22.7 Å². The molecule has 1 amide bonds. The molecule has 1 aromatic carbocycles. The van der Waals surface area contributed by atoms with Crippen molar-refractivity contribution in [2.75, 3.05) is 12.4 Å². The number of carbonyl (C=O) groups is 1. The number of hydrogen-bond donors (Lipinski definition) is 2. The van der Waals surface area contributed by atoms with E-state index in [4.69, 9.17) is 4.74 Å². The normalized spacial score (nSPS) is 19.2. The van der Waals surface area contributed by atoms with Gasteiger partial charge in [0.15, 0.2) is 11.7 Å². The summed E-state index contributed by atoms with van der Waals surface area (Å²) < 4.78 is 47.7. The minimum Gasteiger partial charge on any atom is -0.497 e. The van der Waals surface area contributed by atoms with Crippen LogP contribution in [0.3, 0.4) is 0 Å². The number of benzene rings is 1. The van der Waals surface area contributed by atoms with Gasteiger partial charge < -0.3 is 15.4 Å². The number of ether oxygens (including phenoxy) is 1. The summed E-state index contributed by atoms with van der Waals surface area (Å²) >= 11 is 0. The fourth-order valence-corrected chi connectivity index (χ4v) is 4.48. The van der Waals surface area contributed by atoms with Crippen LogP contribution in [0.2, 0.25) is 0 Å². The highest BCUT2D eigenvalue weighted by Crippen LogP contribution is 2.43. The Morgan fingerprint density at radius 1 is 1.19 bits per heavy atom. The van der Waals surface area contributed by atoms with Crippen LogP contribution in [0.1, 0.15) is 75.6 Å². The fraction of sp³-hybridized carbons (Fsp3) is 0.565. The van der Waals surface area contributed by atoms with Crippen molar-refractivity contribution in [1.29, 1.82) is 0 Å². The van der Waals surface area contributed by atoms with Crippen molar-refractivity contribution in [2.45, 2.75) is 71.3 Å². The number of hydrogen-bond acceptors (Lipinski definition) is 4. The van der Waals surface area contributed by atoms with Crippen LogP contribution in [0.4, 0.5) is 19.0 Å². The molecule has 0 saturated carbocycles. The van der Waals surface area contributed by atoms with E-state index < -0.39 is 29.7 Å². The topological polar surface area (TPSA) is 68.2 Å². The number of halogens is 3. The predicted octanol–water partition coefficient (Wildman–Crippen LogP) is 5.50. The van der Waals surface area contributed by atoms with Gasteiger partial charge in [-0.25, -0.2) is 4.68 Å². The molecule has 1 aromatic heterocycles. The Kier molecular flexibility index (Phi) is 6.23. The number of alkyl halides is 3. The van der Waals surface area contributed by atoms with Crippen LogP contribution in [0.5, 0.6) is 5.75 Å². The maximum Gasteiger partial charge on any atom is 0.410 e. The fourth-order valence-electron chi connectivity index (χ4n) is 4.48. The lowest BCUT2D eigenvalue weighted by molar-refractivity contribution is -0.173. The lowest BCUT2D eigenvalue weighted by Crippen LogP contribution is -2.46. The number of methoxy groups -OCH3 is 1. The molecule has 2 N–H and O–H groups in total. The molecule has 2 atom stereocenters. The number of carbonyl (C=O) groups excluding carboxylic acids is 1. The summed E-state index contributed by atoms with van der Waals surface area (Å²) in [5.41, 5.74) is 0.0876. The van der Waals surface area contributed by atoms with Crippen LogP contribution < -0.4 is 15.4 Å². The number of nitrogens with one attached hydrogen (secondary N) is 2. The number of anilines is 1. The van der Waals surface area contributed by atoms with Gasteiger partial charge >= 0.3 is 6.18 Å². The molecular weight excluding hydrogens is 421 g/mol. The second kappa shape index (κ2) is 8.33. The molecule has 1 aliphatic heterocycles. The summed E-state index contributed by atoms with van der Waals surface area (Å²) in [5, 5.41) is 10.1. The molecule has 32 heavy (non-hydrogen) atoms. The van der Waals surface area contributed by atoms with Crippen LogP contribution >= 0.6 is 0 Å². The molecule has 0 fully saturated rings. The Balaban J connectivity index is 1.88. The molecule has 0 spiro atoms. The van der Waals surface area contributed by atoms with E-state index in [0.717, 1.165) is 4.68 Å². The predicted molar refractivity (Wildman–Crippen MR) is 117 cm³/mol. The first kappa shape index (κ1) is 23.9. The van der Waals surface area contributed by atoms with Gasteiger partial charge in [-0.3, -0.25) is 4.79 Å². The average Bonchev–Trinajstić information content (AvgIpc) is 3.08. The number of fused-ring (bicyclic) bond motifs is 1. The number of amides is 1. The third kappa shape index (κ3) is 5.55. The molecule has 0 radical (unpaired) electrons. The van der Waals surface area contributed by atoms with Crippen LogP contribution in [0.15, 0.2) is 30.3 Å². The van der Waals surface area contributed by atoms with Crippen molar-refractivity contribution >= 4 is 11.7 Å². The molecule has 2 aromatic rings. The van der Waals surface area contributed by atoms with Gasteiger partial charge in [0.25, 0.3) is 5.91 Å². The molecule has 0 unspecified atom stereocenters. The quantitative estimate of drug-likeness (QED) is 0.629. The summed E-state index contributed by atoms with van der Waals surface area (Å²) in [6.07, 6.45) is -4.05. The zero-order valence-electron chi connectivity index (χ0n) is 19.3. The minimum atomic E-state index is -4.51. The van der Waals surface area contributed by atoms with E-state index in [1.807, 2.05) is 13.8 Å². The first-order chi connectivity index (χ1) is 14.7. The highest BCUT2D eigenvalue weighted by molar-refractivity contribution is 5.93. The summed E-state index contributed by atoms with van der Waals surface area (Å²) in [6.45, 7) is 9.97. The largest absolute Gasteiger partial charge is 0.497 e. The zero-order chi connectivity index (χ0) is 23.9. The summed E-state index contributed by atoms with van der Waals surface area (Å²) in [6, 6.07) is 5.86. The highest BCUT2D eigenvalue weighted by Gasteiger charge is 2.47. The Morgan fingerprint density at radius 3 is 2.34 bits per heavy atom. The molecule has 1 aliphatic rings. The van der Waals surface area contributed by atoms with Crippen molar-refractivity contribution in [3.8, 4) is 5.75 Å². The Morgan fingerprint density at radius 2 is 1.81 bits per heavy atom. The first-order valence-corrected chi connectivity index (χ1v) is 10.6. The summed E-state index contributed by atoms with van der Waals surface area (Å²) in [5.74, 6) is 0.293. The van der Waals surface area contributed by atoms with Gasteiger partial charge in [-0.15, -0.1) is 0 Å². The van der Waals surface area contributed by atoms with E-state index in [-0.39, 0.29) is 23.3 Å². The standard InChI is InChI=1S/C23H31F3N4O2/c1-21(2,3)13-22(4,5)28-20(31)17-12-19-27-16(14-7-9-15(32-6)10-8-14)11-18(23(24,25)26)30(19)29-17/h7-10,12,16,18,27H,11,13H2,1-6H3,(H,28,31)/t16-,18+/m0/s1. The van der Waals surface area contributed by atoms with E-state index in [0.29, 0.717) is 17.7 Å². The van der Waals surface area contributed by atoms with Gasteiger partial charge in [0, 0.05) is 18.0 Å². The van der Waals surface area contributed by atoms with Gasteiger partial charge in [0.1, 0.15) is 11.6 Å². The monoisotopic (exact) mass is 452 g/mol. The Hall–Kier alpha value is -2.71. The summed E-state index contributed by atoms with van der Waals surface area (Å²) in [4.78, 5) is 12.8. The van der Waals surface area contributed by atoms with E-state index >= 15 is 0 Å². The van der Waals surface area contributed by atoms with Gasteiger partial charge in [-0.05, 0) is 43.4 Å². The zero-order valence-corrected chi connectivity index (χ0v) is 19.3. The second-order valence-electron chi connectivity index (χ2n) is 10.2. The van der Waals surface area contributed by atoms with Crippen LogP contribution in [-0.2, 0) is 0 Å². The van der Waals surface area contributed by atoms with E-state index in [2.05, 4.69) is 36.5 Å². The maximum atomic E-state index is 13.9. The highest BCUT2D eigenvalue weighted by atomic mass is 19.4. The van der Waals surface area contributed by atoms with Gasteiger partial charge in [0.2, 0.25) is 0 Å². The lowest BCUT2D eigenvalue weighted by atomic mass is 9.82. The number of nitrogens with zero attached hydrogens (tertiary/aromatic N) is 2. The van der Waals surface area contributed by atoms with E-state index in [1.165, 1.54) is 13.2 Å². The van der Waals surface area contributed by atoms with Crippen LogP contribution in [0.25, 0.3) is 0 Å². The molecule has 6 nitrogen and oxygen atoms in total. The van der Waals surface area contributed by atoms with Gasteiger partial charge in [-0.1, -0.05) is 32.9 Å². The van der Waals surface area contributed by atoms with Gasteiger partial charge in [0.05, 0.1) is 13.2 Å². The molecular formula is C23H31F3N4O2. The molecule has 176 valence electrons. The molecule has 2 heterocycles. The second-order valence-corrected chi connectivity index (χ2v) is 10.2. The number of aromatic nitrogens is 2. The average molecular weight is 453 g/mol. The molecule has 0 aliphatic carbocycles. The van der Waals surface area contributed by atoms with Crippen molar-refractivity contribution in [3.63, 3.8) is 0 Å². The third-order valence-corrected chi connectivity index (χ3v) is 5.36. The Labute approximate surface area is 186 Å². The van der Waals surface area contributed by atoms with Crippen molar-refractivity contribution in [1.82, 2.24) is 15.1 Å². The molecule has 0 saturated heterocycles. The minimum absolute atomic E-state index is 0.0290. The van der Waals surface area contributed by atoms with E-state index in [1.54, 1.807) is 24.3 Å². The number of rotatable bonds is 5. The summed E-state index contributed by atoms with van der Waals surface area (Å²) in [7, 11) is 1.53. The van der Waals surface area contributed by atoms with Crippen molar-refractivity contribution in [2.24, 2.45) is 5.41 Å².